The van der Waals surface area contributed by atoms with Crippen LogP contribution < -0.4 is 10.1 Å². The van der Waals surface area contributed by atoms with Gasteiger partial charge in [0.1, 0.15) is 12.4 Å². The van der Waals surface area contributed by atoms with Gasteiger partial charge >= 0.3 is 0 Å². The summed E-state index contributed by atoms with van der Waals surface area (Å²) >= 11 is 0. The first-order chi connectivity index (χ1) is 15.3. The fourth-order valence-corrected chi connectivity index (χ4v) is 3.41. The molecule has 0 atom stereocenters. The Bertz CT molecular complexity index is 1260. The number of carbonyl (C=O) groups is 1. The maximum atomic E-state index is 13.0. The van der Waals surface area contributed by atoms with Crippen molar-refractivity contribution in [3.8, 4) is 11.6 Å². The van der Waals surface area contributed by atoms with E-state index in [2.05, 4.69) is 36.1 Å². The van der Waals surface area contributed by atoms with Crippen LogP contribution in [0.1, 0.15) is 42.5 Å². The Morgan fingerprint density at radius 2 is 1.81 bits per heavy atom. The molecule has 4 rings (SSSR count). The molecule has 32 heavy (non-hydrogen) atoms. The topological polar surface area (TPSA) is 84.3 Å². The van der Waals surface area contributed by atoms with E-state index in [1.807, 2.05) is 48.5 Å². The number of aromatic nitrogens is 2. The highest BCUT2D eigenvalue weighted by Crippen LogP contribution is 2.28. The summed E-state index contributed by atoms with van der Waals surface area (Å²) < 4.78 is 5.80. The molecule has 2 N–H and O–H groups in total. The lowest BCUT2D eigenvalue weighted by Gasteiger charge is -2.19. The number of carbonyl (C=O) groups excluding carboxylic acids is 1. The van der Waals surface area contributed by atoms with Crippen LogP contribution in [-0.4, -0.2) is 21.0 Å². The monoisotopic (exact) mass is 427 g/mol. The van der Waals surface area contributed by atoms with Crippen molar-refractivity contribution in [2.75, 3.05) is 5.32 Å². The molecule has 1 heterocycles. The largest absolute Gasteiger partial charge is 0.439 e. The predicted molar refractivity (Wildman–Crippen MR) is 125 cm³/mol. The molecule has 1 amide bonds. The number of fused-ring (bicyclic) bond motifs is 1. The minimum Gasteiger partial charge on any atom is -0.439 e. The number of benzene rings is 3. The molecule has 4 aromatic rings. The van der Waals surface area contributed by atoms with Gasteiger partial charge in [-0.25, -0.2) is 4.98 Å². The second kappa shape index (κ2) is 8.77. The molecule has 0 spiro atoms. The molecule has 6 heteroatoms. The summed E-state index contributed by atoms with van der Waals surface area (Å²) in [5.41, 5.74) is 2.61. The van der Waals surface area contributed by atoms with E-state index < -0.39 is 0 Å². The van der Waals surface area contributed by atoms with Crippen LogP contribution in [0.3, 0.4) is 0 Å². The molecular weight excluding hydrogens is 402 g/mol. The van der Waals surface area contributed by atoms with E-state index in [1.54, 1.807) is 18.2 Å². The summed E-state index contributed by atoms with van der Waals surface area (Å²) in [4.78, 5) is 21.1. The average molecular weight is 428 g/mol. The van der Waals surface area contributed by atoms with Gasteiger partial charge in [-0.3, -0.25) is 4.79 Å². The summed E-state index contributed by atoms with van der Waals surface area (Å²) in [6.45, 7) is 6.22. The van der Waals surface area contributed by atoms with Gasteiger partial charge < -0.3 is 15.2 Å². The van der Waals surface area contributed by atoms with Crippen molar-refractivity contribution >= 4 is 22.4 Å². The Labute approximate surface area is 186 Å². The standard InChI is InChI=1S/C26H25N3O3/c1-26(2,3)18-7-9-19(10-8-18)28-25(31)22-6-4-5-17-15-20(11-12-21(17)22)32-24-13-14-27-23(16-30)29-24/h4-15,30H,16H2,1-3H3,(H,28,31). The Kier molecular flexibility index (Phi) is 5.88. The first kappa shape index (κ1) is 21.5. The summed E-state index contributed by atoms with van der Waals surface area (Å²) in [7, 11) is 0. The lowest BCUT2D eigenvalue weighted by molar-refractivity contribution is 0.102. The second-order valence-electron chi connectivity index (χ2n) is 8.54. The van der Waals surface area contributed by atoms with Gasteiger partial charge in [0.2, 0.25) is 5.88 Å². The third kappa shape index (κ3) is 4.76. The summed E-state index contributed by atoms with van der Waals surface area (Å²) in [5.74, 6) is 1.04. The number of hydrogen-bond acceptors (Lipinski definition) is 5. The van der Waals surface area contributed by atoms with Crippen LogP contribution in [-0.2, 0) is 12.0 Å². The Morgan fingerprint density at radius 1 is 1.03 bits per heavy atom. The molecular formula is C26H25N3O3. The number of hydrogen-bond donors (Lipinski definition) is 2. The highest BCUT2D eigenvalue weighted by molar-refractivity contribution is 6.13. The zero-order chi connectivity index (χ0) is 22.7. The molecule has 0 aliphatic heterocycles. The normalized spacial score (nSPS) is 11.4. The third-order valence-corrected chi connectivity index (χ3v) is 5.15. The number of rotatable bonds is 5. The molecule has 1 aromatic heterocycles. The second-order valence-corrected chi connectivity index (χ2v) is 8.54. The zero-order valence-electron chi connectivity index (χ0n) is 18.3. The van der Waals surface area contributed by atoms with Crippen LogP contribution in [0.4, 0.5) is 5.69 Å². The Balaban J connectivity index is 1.56. The van der Waals surface area contributed by atoms with Gasteiger partial charge in [0.05, 0.1) is 0 Å². The van der Waals surface area contributed by atoms with E-state index in [-0.39, 0.29) is 23.8 Å². The van der Waals surface area contributed by atoms with E-state index in [1.165, 1.54) is 11.8 Å². The van der Waals surface area contributed by atoms with Crippen molar-refractivity contribution < 1.29 is 14.6 Å². The maximum absolute atomic E-state index is 13.0. The maximum Gasteiger partial charge on any atom is 0.256 e. The fourth-order valence-electron chi connectivity index (χ4n) is 3.41. The molecule has 0 radical (unpaired) electrons. The minimum atomic E-state index is -0.258. The van der Waals surface area contributed by atoms with E-state index in [0.29, 0.717) is 17.2 Å². The van der Waals surface area contributed by atoms with Crippen LogP contribution >= 0.6 is 0 Å². The lowest BCUT2D eigenvalue weighted by Crippen LogP contribution is -2.14. The fraction of sp³-hybridized carbons (Fsp3) is 0.192. The summed E-state index contributed by atoms with van der Waals surface area (Å²) in [6, 6.07) is 20.6. The molecule has 6 nitrogen and oxygen atoms in total. The molecule has 162 valence electrons. The van der Waals surface area contributed by atoms with Crippen molar-refractivity contribution in [2.45, 2.75) is 32.8 Å². The molecule has 0 aliphatic carbocycles. The van der Waals surface area contributed by atoms with Gasteiger partial charge in [-0.1, -0.05) is 45.0 Å². The van der Waals surface area contributed by atoms with Gasteiger partial charge in [-0.2, -0.15) is 4.98 Å². The van der Waals surface area contributed by atoms with Gasteiger partial charge in [-0.05, 0) is 58.1 Å². The Hall–Kier alpha value is -3.77. The summed E-state index contributed by atoms with van der Waals surface area (Å²) in [6.07, 6.45) is 1.53. The number of aliphatic hydroxyl groups is 1. The highest BCUT2D eigenvalue weighted by Gasteiger charge is 2.15. The quantitative estimate of drug-likeness (QED) is 0.442. The molecule has 0 fully saturated rings. The van der Waals surface area contributed by atoms with Crippen LogP contribution in [0.5, 0.6) is 11.6 Å². The van der Waals surface area contributed by atoms with Gasteiger partial charge in [0.25, 0.3) is 5.91 Å². The highest BCUT2D eigenvalue weighted by atomic mass is 16.5. The molecule has 0 saturated heterocycles. The van der Waals surface area contributed by atoms with Gasteiger partial charge in [0, 0.05) is 23.5 Å². The van der Waals surface area contributed by atoms with Crippen molar-refractivity contribution in [3.63, 3.8) is 0 Å². The van der Waals surface area contributed by atoms with E-state index >= 15 is 0 Å². The first-order valence-corrected chi connectivity index (χ1v) is 10.4. The Morgan fingerprint density at radius 3 is 2.53 bits per heavy atom. The number of ether oxygens (including phenoxy) is 1. The third-order valence-electron chi connectivity index (χ3n) is 5.15. The summed E-state index contributed by atoms with van der Waals surface area (Å²) in [5, 5.41) is 13.9. The molecule has 0 bridgehead atoms. The molecule has 0 aliphatic rings. The SMILES string of the molecule is CC(C)(C)c1ccc(NC(=O)c2cccc3cc(Oc4ccnc(CO)n4)ccc23)cc1. The van der Waals surface area contributed by atoms with Crippen LogP contribution in [0.15, 0.2) is 72.9 Å². The van der Waals surface area contributed by atoms with Crippen molar-refractivity contribution in [3.05, 3.63) is 89.9 Å². The van der Waals surface area contributed by atoms with Crippen molar-refractivity contribution in [2.24, 2.45) is 0 Å². The molecule has 0 saturated carbocycles. The zero-order valence-corrected chi connectivity index (χ0v) is 18.3. The van der Waals surface area contributed by atoms with E-state index in [4.69, 9.17) is 4.74 Å². The average Bonchev–Trinajstić information content (AvgIpc) is 2.78. The molecule has 0 unspecified atom stereocenters. The predicted octanol–water partition coefficient (Wildman–Crippen LogP) is 5.46. The van der Waals surface area contributed by atoms with Crippen molar-refractivity contribution in [1.29, 1.82) is 0 Å². The van der Waals surface area contributed by atoms with Gasteiger partial charge in [0.15, 0.2) is 5.82 Å². The number of amides is 1. The first-order valence-electron chi connectivity index (χ1n) is 10.4. The number of aliphatic hydroxyl groups excluding tert-OH is 1. The lowest BCUT2D eigenvalue weighted by atomic mass is 9.87. The van der Waals surface area contributed by atoms with Crippen LogP contribution in [0.2, 0.25) is 0 Å². The van der Waals surface area contributed by atoms with Crippen LogP contribution in [0, 0.1) is 0 Å². The smallest absolute Gasteiger partial charge is 0.256 e. The molecule has 3 aromatic carbocycles. The van der Waals surface area contributed by atoms with Crippen molar-refractivity contribution in [1.82, 2.24) is 9.97 Å². The van der Waals surface area contributed by atoms with Gasteiger partial charge in [-0.15, -0.1) is 0 Å². The number of anilines is 1. The van der Waals surface area contributed by atoms with E-state index in [9.17, 15) is 9.90 Å². The minimum absolute atomic E-state index is 0.0589. The van der Waals surface area contributed by atoms with E-state index in [0.717, 1.165) is 16.5 Å². The number of nitrogens with zero attached hydrogens (tertiary/aromatic N) is 2. The van der Waals surface area contributed by atoms with Crippen LogP contribution in [0.25, 0.3) is 10.8 Å². The number of nitrogens with one attached hydrogen (secondary N) is 1.